The maximum absolute atomic E-state index is 12.2. The smallest absolute Gasteiger partial charge is 0.255 e. The Hall–Kier alpha value is -1.88. The number of nitrogens with zero attached hydrogens (tertiary/aromatic N) is 1. The van der Waals surface area contributed by atoms with E-state index in [1.165, 1.54) is 24.9 Å². The molecule has 0 unspecified atom stereocenters. The number of piperidine rings is 1. The van der Waals surface area contributed by atoms with Gasteiger partial charge >= 0.3 is 0 Å². The van der Waals surface area contributed by atoms with Crippen molar-refractivity contribution in [3.63, 3.8) is 0 Å². The zero-order chi connectivity index (χ0) is 16.2. The average Bonchev–Trinajstić information content (AvgIpc) is 2.58. The van der Waals surface area contributed by atoms with Gasteiger partial charge in [-0.25, -0.2) is 0 Å². The highest BCUT2D eigenvalue weighted by Gasteiger charge is 2.12. The summed E-state index contributed by atoms with van der Waals surface area (Å²) in [4.78, 5) is 20.4. The molecule has 1 saturated heterocycles. The van der Waals surface area contributed by atoms with E-state index in [0.717, 1.165) is 36.3 Å². The van der Waals surface area contributed by atoms with Gasteiger partial charge in [0.2, 0.25) is 0 Å². The molecule has 1 aliphatic heterocycles. The summed E-state index contributed by atoms with van der Waals surface area (Å²) in [6, 6.07) is 8.60. The number of aryl methyl sites for hydroxylation is 1. The van der Waals surface area contributed by atoms with E-state index >= 15 is 0 Å². The van der Waals surface area contributed by atoms with Crippen molar-refractivity contribution in [3.8, 4) is 0 Å². The number of anilines is 1. The summed E-state index contributed by atoms with van der Waals surface area (Å²) in [7, 11) is 0. The fourth-order valence-electron chi connectivity index (χ4n) is 3.23. The molecule has 0 radical (unpaired) electrons. The van der Waals surface area contributed by atoms with Crippen molar-refractivity contribution in [1.29, 1.82) is 0 Å². The predicted octanol–water partition coefficient (Wildman–Crippen LogP) is 3.58. The van der Waals surface area contributed by atoms with Crippen LogP contribution in [0.2, 0.25) is 0 Å². The second kappa shape index (κ2) is 7.13. The Morgan fingerprint density at radius 1 is 1.09 bits per heavy atom. The average molecular weight is 329 g/mol. The fraction of sp³-hybridized carbons (Fsp3) is 0.444. The van der Waals surface area contributed by atoms with Gasteiger partial charge in [-0.2, -0.15) is 0 Å². The van der Waals surface area contributed by atoms with Crippen LogP contribution in [0.3, 0.4) is 0 Å². The van der Waals surface area contributed by atoms with Gasteiger partial charge < -0.3 is 9.88 Å². The maximum atomic E-state index is 12.2. The molecule has 2 heterocycles. The quantitative estimate of drug-likeness (QED) is 0.843. The summed E-state index contributed by atoms with van der Waals surface area (Å²) in [5, 5.41) is 0. The first-order chi connectivity index (χ1) is 11.2. The van der Waals surface area contributed by atoms with Crippen LogP contribution in [0.1, 0.15) is 43.0 Å². The Morgan fingerprint density at radius 3 is 2.43 bits per heavy atom. The molecule has 1 aliphatic rings. The summed E-state index contributed by atoms with van der Waals surface area (Å²) in [5.74, 6) is 0. The lowest BCUT2D eigenvalue weighted by Crippen LogP contribution is -2.29. The van der Waals surface area contributed by atoms with E-state index in [1.807, 2.05) is 6.92 Å². The minimum Gasteiger partial charge on any atom is -0.372 e. The Balaban J connectivity index is 1.81. The second-order valence-corrected chi connectivity index (χ2v) is 6.52. The molecule has 1 aromatic carbocycles. The van der Waals surface area contributed by atoms with E-state index in [-0.39, 0.29) is 5.56 Å². The van der Waals surface area contributed by atoms with Crippen molar-refractivity contribution in [3.05, 3.63) is 56.2 Å². The van der Waals surface area contributed by atoms with E-state index in [0.29, 0.717) is 11.2 Å². The molecule has 2 aromatic rings. The molecule has 1 fully saturated rings. The summed E-state index contributed by atoms with van der Waals surface area (Å²) in [6.07, 6.45) is 5.30. The lowest BCUT2D eigenvalue weighted by molar-refractivity contribution is 0.578. The number of aromatic amines is 2. The molecule has 1 aromatic heterocycles. The molecular formula is C18H23N3OS. The summed E-state index contributed by atoms with van der Waals surface area (Å²) in [5.41, 5.74) is 4.07. The van der Waals surface area contributed by atoms with E-state index in [4.69, 9.17) is 12.2 Å². The molecule has 122 valence electrons. The summed E-state index contributed by atoms with van der Waals surface area (Å²) >= 11 is 5.05. The SMILES string of the molecule is CCc1[nH]c(=S)[nH]c(=O)c1Cc1ccc(N2CCCCC2)cc1. The fourth-order valence-corrected chi connectivity index (χ4v) is 3.44. The highest BCUT2D eigenvalue weighted by Crippen LogP contribution is 2.21. The van der Waals surface area contributed by atoms with Crippen molar-refractivity contribution in [2.24, 2.45) is 0 Å². The van der Waals surface area contributed by atoms with Crippen molar-refractivity contribution < 1.29 is 0 Å². The van der Waals surface area contributed by atoms with E-state index in [2.05, 4.69) is 39.1 Å². The maximum Gasteiger partial charge on any atom is 0.255 e. The lowest BCUT2D eigenvalue weighted by Gasteiger charge is -2.28. The number of nitrogens with one attached hydrogen (secondary N) is 2. The molecule has 0 atom stereocenters. The first-order valence-electron chi connectivity index (χ1n) is 8.35. The first-order valence-corrected chi connectivity index (χ1v) is 8.76. The molecule has 2 N–H and O–H groups in total. The van der Waals surface area contributed by atoms with Crippen LogP contribution in [0.15, 0.2) is 29.1 Å². The van der Waals surface area contributed by atoms with Crippen molar-refractivity contribution >= 4 is 17.9 Å². The second-order valence-electron chi connectivity index (χ2n) is 6.11. The van der Waals surface area contributed by atoms with E-state index in [9.17, 15) is 4.79 Å². The van der Waals surface area contributed by atoms with Gasteiger partial charge in [0.1, 0.15) is 0 Å². The molecule has 0 saturated carbocycles. The van der Waals surface area contributed by atoms with Gasteiger partial charge in [-0.1, -0.05) is 19.1 Å². The third kappa shape index (κ3) is 3.72. The zero-order valence-corrected chi connectivity index (χ0v) is 14.3. The lowest BCUT2D eigenvalue weighted by atomic mass is 10.0. The van der Waals surface area contributed by atoms with Crippen LogP contribution in [-0.4, -0.2) is 23.1 Å². The number of H-pyrrole nitrogens is 2. The molecule has 0 amide bonds. The monoisotopic (exact) mass is 329 g/mol. The Kier molecular flexibility index (Phi) is 4.96. The van der Waals surface area contributed by atoms with Gasteiger partial charge in [-0.05, 0) is 55.6 Å². The van der Waals surface area contributed by atoms with Gasteiger partial charge in [0.25, 0.3) is 5.56 Å². The number of hydrogen-bond donors (Lipinski definition) is 2. The van der Waals surface area contributed by atoms with Crippen molar-refractivity contribution in [2.75, 3.05) is 18.0 Å². The molecule has 0 bridgehead atoms. The van der Waals surface area contributed by atoms with Gasteiger partial charge in [0, 0.05) is 36.5 Å². The molecule has 0 aliphatic carbocycles. The molecular weight excluding hydrogens is 306 g/mol. The summed E-state index contributed by atoms with van der Waals surface area (Å²) < 4.78 is 0.399. The molecule has 23 heavy (non-hydrogen) atoms. The summed E-state index contributed by atoms with van der Waals surface area (Å²) in [6.45, 7) is 4.32. The minimum absolute atomic E-state index is 0.0780. The number of rotatable bonds is 4. The standard InChI is InChI=1S/C18H23N3OS/c1-2-16-15(17(22)20-18(23)19-16)12-13-6-8-14(9-7-13)21-10-4-3-5-11-21/h6-9H,2-5,10-12H2,1H3,(H2,19,20,22,23). The van der Waals surface area contributed by atoms with Crippen LogP contribution in [0.25, 0.3) is 0 Å². The van der Waals surface area contributed by atoms with Gasteiger partial charge in [-0.3, -0.25) is 9.78 Å². The number of benzene rings is 1. The highest BCUT2D eigenvalue weighted by atomic mass is 32.1. The van der Waals surface area contributed by atoms with Crippen molar-refractivity contribution in [1.82, 2.24) is 9.97 Å². The third-order valence-electron chi connectivity index (χ3n) is 4.52. The Bertz CT molecular complexity index is 770. The molecule has 0 spiro atoms. The van der Waals surface area contributed by atoms with Gasteiger partial charge in [-0.15, -0.1) is 0 Å². The van der Waals surface area contributed by atoms with Gasteiger partial charge in [0.15, 0.2) is 4.77 Å². The Labute approximate surface area is 141 Å². The third-order valence-corrected chi connectivity index (χ3v) is 4.73. The van der Waals surface area contributed by atoms with Crippen LogP contribution in [-0.2, 0) is 12.8 Å². The van der Waals surface area contributed by atoms with Crippen LogP contribution in [0.4, 0.5) is 5.69 Å². The first kappa shape index (κ1) is 16.0. The zero-order valence-electron chi connectivity index (χ0n) is 13.5. The molecule has 5 heteroatoms. The topological polar surface area (TPSA) is 51.9 Å². The predicted molar refractivity (Wildman–Crippen MR) is 96.9 cm³/mol. The van der Waals surface area contributed by atoms with Crippen molar-refractivity contribution in [2.45, 2.75) is 39.0 Å². The number of hydrogen-bond acceptors (Lipinski definition) is 3. The van der Waals surface area contributed by atoms with E-state index in [1.54, 1.807) is 0 Å². The van der Waals surface area contributed by atoms with E-state index < -0.39 is 0 Å². The van der Waals surface area contributed by atoms with Crippen LogP contribution >= 0.6 is 12.2 Å². The van der Waals surface area contributed by atoms with Crippen LogP contribution < -0.4 is 10.5 Å². The largest absolute Gasteiger partial charge is 0.372 e. The normalized spacial score (nSPS) is 14.9. The molecule has 3 rings (SSSR count). The minimum atomic E-state index is -0.0780. The van der Waals surface area contributed by atoms with Gasteiger partial charge in [0.05, 0.1) is 0 Å². The number of aromatic nitrogens is 2. The van der Waals surface area contributed by atoms with Crippen LogP contribution in [0.5, 0.6) is 0 Å². The Morgan fingerprint density at radius 2 is 1.78 bits per heavy atom. The molecule has 4 nitrogen and oxygen atoms in total. The highest BCUT2D eigenvalue weighted by molar-refractivity contribution is 7.71. The van der Waals surface area contributed by atoms with Crippen LogP contribution in [0, 0.1) is 4.77 Å².